The van der Waals surface area contributed by atoms with Gasteiger partial charge in [-0.3, -0.25) is 9.10 Å². The summed E-state index contributed by atoms with van der Waals surface area (Å²) < 4.78 is 42.0. The largest absolute Gasteiger partial charge is 0.497 e. The summed E-state index contributed by atoms with van der Waals surface area (Å²) >= 11 is 0. The molecule has 0 spiro atoms. The van der Waals surface area contributed by atoms with Crippen LogP contribution < -0.4 is 23.8 Å². The normalized spacial score (nSPS) is 23.8. The number of fused-ring (bicyclic) bond motifs is 1. The van der Waals surface area contributed by atoms with Crippen LogP contribution in [-0.4, -0.2) is 46.9 Å². The molecule has 2 aliphatic rings. The second-order valence-electron chi connectivity index (χ2n) is 7.05. The van der Waals surface area contributed by atoms with E-state index in [-0.39, 0.29) is 12.5 Å². The van der Waals surface area contributed by atoms with Crippen LogP contribution in [0.2, 0.25) is 0 Å². The zero-order valence-electron chi connectivity index (χ0n) is 16.3. The van der Waals surface area contributed by atoms with E-state index in [9.17, 15) is 13.2 Å². The van der Waals surface area contributed by atoms with Crippen LogP contribution in [0.15, 0.2) is 42.5 Å². The maximum absolute atomic E-state index is 13.3. The van der Waals surface area contributed by atoms with Crippen LogP contribution in [0.4, 0.5) is 11.4 Å². The topological polar surface area (TPSA) is 94.2 Å². The van der Waals surface area contributed by atoms with Gasteiger partial charge in [0.25, 0.3) is 0 Å². The number of amides is 1. The number of nitrogens with zero attached hydrogens (tertiary/aromatic N) is 1. The van der Waals surface area contributed by atoms with Gasteiger partial charge >= 0.3 is 0 Å². The summed E-state index contributed by atoms with van der Waals surface area (Å²) in [6, 6.07) is 11.7. The van der Waals surface area contributed by atoms with E-state index in [0.29, 0.717) is 35.0 Å². The molecule has 2 fully saturated rings. The van der Waals surface area contributed by atoms with Gasteiger partial charge in [0.05, 0.1) is 32.7 Å². The van der Waals surface area contributed by atoms with Crippen molar-refractivity contribution in [3.8, 4) is 17.2 Å². The lowest BCUT2D eigenvalue weighted by Crippen LogP contribution is -2.42. The second-order valence-corrected chi connectivity index (χ2v) is 9.16. The summed E-state index contributed by atoms with van der Waals surface area (Å²) in [5, 5.41) is 2.74. The highest BCUT2D eigenvalue weighted by atomic mass is 32.2. The lowest BCUT2D eigenvalue weighted by molar-refractivity contribution is -0.116. The molecule has 2 aromatic carbocycles. The fourth-order valence-electron chi connectivity index (χ4n) is 3.85. The van der Waals surface area contributed by atoms with Crippen LogP contribution in [0.1, 0.15) is 6.42 Å². The van der Waals surface area contributed by atoms with E-state index in [1.54, 1.807) is 49.6 Å². The number of carbonyl (C=O) groups excluding carboxylic acids is 1. The summed E-state index contributed by atoms with van der Waals surface area (Å²) in [5.74, 6) is 0.811. The van der Waals surface area contributed by atoms with E-state index in [1.165, 1.54) is 18.5 Å². The third kappa shape index (κ3) is 2.88. The van der Waals surface area contributed by atoms with Crippen LogP contribution in [0.3, 0.4) is 0 Å². The van der Waals surface area contributed by atoms with Gasteiger partial charge in [0, 0.05) is 18.5 Å². The third-order valence-electron chi connectivity index (χ3n) is 5.59. The van der Waals surface area contributed by atoms with Gasteiger partial charge in [0.1, 0.15) is 17.2 Å². The predicted molar refractivity (Wildman–Crippen MR) is 108 cm³/mol. The Kier molecular flexibility index (Phi) is 4.57. The van der Waals surface area contributed by atoms with E-state index >= 15 is 0 Å². The smallest absolute Gasteiger partial charge is 0.250 e. The molecule has 9 heteroatoms. The lowest BCUT2D eigenvalue weighted by atomic mass is 10.2. The van der Waals surface area contributed by atoms with Gasteiger partial charge < -0.3 is 19.5 Å². The molecular formula is C20H22N2O6S. The molecule has 1 amide bonds. The number of ether oxygens (including phenoxy) is 3. The molecule has 1 N–H and O–H groups in total. The first kappa shape index (κ1) is 19.4. The first-order valence-corrected chi connectivity index (χ1v) is 10.5. The molecule has 1 saturated carbocycles. The van der Waals surface area contributed by atoms with Crippen molar-refractivity contribution in [3.05, 3.63) is 42.5 Å². The van der Waals surface area contributed by atoms with Gasteiger partial charge in [-0.15, -0.1) is 0 Å². The molecule has 0 radical (unpaired) electrons. The van der Waals surface area contributed by atoms with Gasteiger partial charge in [-0.1, -0.05) is 0 Å². The number of methoxy groups -OCH3 is 3. The van der Waals surface area contributed by atoms with Crippen LogP contribution in [0, 0.1) is 5.92 Å². The minimum atomic E-state index is -3.86. The fourth-order valence-corrected chi connectivity index (χ4v) is 6.21. The number of hydrogen-bond donors (Lipinski definition) is 1. The van der Waals surface area contributed by atoms with E-state index in [2.05, 4.69) is 5.32 Å². The van der Waals surface area contributed by atoms with Crippen LogP contribution in [0.25, 0.3) is 0 Å². The van der Waals surface area contributed by atoms with Crippen molar-refractivity contribution in [1.29, 1.82) is 0 Å². The first-order valence-electron chi connectivity index (χ1n) is 9.07. The third-order valence-corrected chi connectivity index (χ3v) is 8.13. The molecule has 0 unspecified atom stereocenters. The summed E-state index contributed by atoms with van der Waals surface area (Å²) in [6.45, 7) is 0.280. The maximum atomic E-state index is 13.3. The number of carbonyl (C=O) groups is 1. The molecule has 2 aromatic rings. The fraction of sp³-hybridized carbons (Fsp3) is 0.350. The van der Waals surface area contributed by atoms with Gasteiger partial charge in [-0.25, -0.2) is 8.42 Å². The Morgan fingerprint density at radius 3 is 2.31 bits per heavy atom. The number of anilines is 2. The maximum Gasteiger partial charge on any atom is 0.250 e. The average molecular weight is 418 g/mol. The molecule has 8 nitrogen and oxygen atoms in total. The number of sulfonamides is 1. The highest BCUT2D eigenvalue weighted by molar-refractivity contribution is 7.95. The van der Waals surface area contributed by atoms with Crippen molar-refractivity contribution in [2.75, 3.05) is 37.5 Å². The van der Waals surface area contributed by atoms with E-state index in [0.717, 1.165) is 0 Å². The number of benzene rings is 2. The van der Waals surface area contributed by atoms with Crippen molar-refractivity contribution in [2.45, 2.75) is 11.2 Å². The van der Waals surface area contributed by atoms with Gasteiger partial charge in [-0.05, 0) is 42.8 Å². The van der Waals surface area contributed by atoms with E-state index in [1.807, 2.05) is 0 Å². The molecular weight excluding hydrogens is 396 g/mol. The average Bonchev–Trinajstić information content (AvgIpc) is 3.43. The SMILES string of the molecule is COc1ccc(N2C[C@@H]3C[C@]3(C(=O)Nc3ccc(OC)cc3OC)S2(=O)=O)cc1. The summed E-state index contributed by atoms with van der Waals surface area (Å²) in [6.07, 6.45) is 0.312. The van der Waals surface area contributed by atoms with Crippen LogP contribution in [0.5, 0.6) is 17.2 Å². The molecule has 0 aromatic heterocycles. The van der Waals surface area contributed by atoms with Crippen molar-refractivity contribution in [2.24, 2.45) is 5.92 Å². The minimum absolute atomic E-state index is 0.251. The van der Waals surface area contributed by atoms with E-state index < -0.39 is 20.7 Å². The highest BCUT2D eigenvalue weighted by Crippen LogP contribution is 2.58. The molecule has 0 bridgehead atoms. The highest BCUT2D eigenvalue weighted by Gasteiger charge is 2.75. The molecule has 1 heterocycles. The zero-order chi connectivity index (χ0) is 20.8. The molecule has 154 valence electrons. The minimum Gasteiger partial charge on any atom is -0.497 e. The van der Waals surface area contributed by atoms with Crippen LogP contribution >= 0.6 is 0 Å². The quantitative estimate of drug-likeness (QED) is 0.773. The Morgan fingerprint density at radius 2 is 1.69 bits per heavy atom. The molecule has 1 aliphatic heterocycles. The molecule has 1 saturated heterocycles. The molecule has 29 heavy (non-hydrogen) atoms. The van der Waals surface area contributed by atoms with Crippen LogP contribution in [-0.2, 0) is 14.8 Å². The number of nitrogens with one attached hydrogen (secondary N) is 1. The van der Waals surface area contributed by atoms with Crippen molar-refractivity contribution >= 4 is 27.3 Å². The van der Waals surface area contributed by atoms with Crippen molar-refractivity contribution in [3.63, 3.8) is 0 Å². The molecule has 4 rings (SSSR count). The Morgan fingerprint density at radius 1 is 1.03 bits per heavy atom. The summed E-state index contributed by atoms with van der Waals surface area (Å²) in [5.41, 5.74) is 0.920. The molecule has 1 aliphatic carbocycles. The number of rotatable bonds is 6. The Balaban J connectivity index is 1.60. The predicted octanol–water partition coefficient (Wildman–Crippen LogP) is 2.26. The first-order chi connectivity index (χ1) is 13.9. The van der Waals surface area contributed by atoms with E-state index in [4.69, 9.17) is 14.2 Å². The molecule has 2 atom stereocenters. The van der Waals surface area contributed by atoms with Gasteiger partial charge in [0.15, 0.2) is 4.75 Å². The Hall–Kier alpha value is -2.94. The second kappa shape index (κ2) is 6.84. The lowest BCUT2D eigenvalue weighted by Gasteiger charge is -2.23. The number of hydrogen-bond acceptors (Lipinski definition) is 6. The Labute approximate surface area is 169 Å². The summed E-state index contributed by atoms with van der Waals surface area (Å²) in [4.78, 5) is 13.1. The standard InChI is InChI=1S/C20H22N2O6S/c1-26-15-6-4-14(5-7-15)22-12-13-11-20(13,29(22,24)25)19(23)21-17-9-8-16(27-2)10-18(17)28-3/h4-10,13H,11-12H2,1-3H3,(H,21,23)/t13-,20-/m0/s1. The monoisotopic (exact) mass is 418 g/mol. The van der Waals surface area contributed by atoms with Crippen molar-refractivity contribution < 1.29 is 27.4 Å². The van der Waals surface area contributed by atoms with Crippen molar-refractivity contribution in [1.82, 2.24) is 0 Å². The zero-order valence-corrected chi connectivity index (χ0v) is 17.2. The Bertz CT molecular complexity index is 1050. The van der Waals surface area contributed by atoms with Gasteiger partial charge in [0.2, 0.25) is 15.9 Å². The van der Waals surface area contributed by atoms with Gasteiger partial charge in [-0.2, -0.15) is 0 Å². The summed E-state index contributed by atoms with van der Waals surface area (Å²) in [7, 11) is 0.682.